The van der Waals surface area contributed by atoms with Crippen molar-refractivity contribution in [2.24, 2.45) is 0 Å². The molecule has 0 bridgehead atoms. The number of benzene rings is 1. The van der Waals surface area contributed by atoms with Gasteiger partial charge in [-0.05, 0) is 30.9 Å². The second-order valence-corrected chi connectivity index (χ2v) is 6.18. The second kappa shape index (κ2) is 6.79. The van der Waals surface area contributed by atoms with Crippen LogP contribution < -0.4 is 5.32 Å². The van der Waals surface area contributed by atoms with Crippen molar-refractivity contribution in [2.75, 3.05) is 6.54 Å². The van der Waals surface area contributed by atoms with Crippen molar-refractivity contribution in [1.82, 2.24) is 15.1 Å². The Labute approximate surface area is 139 Å². The van der Waals surface area contributed by atoms with Gasteiger partial charge in [-0.2, -0.15) is 16.4 Å². The molecule has 0 spiro atoms. The second-order valence-electron chi connectivity index (χ2n) is 5.40. The SMILES string of the molecule is Cc1nn(CCNC(=O)c2ccsc2)c(C)c1-c1ccccc1. The minimum atomic E-state index is -0.0314. The standard InChI is InChI=1S/C18H19N3OS/c1-13-17(15-6-4-3-5-7-15)14(2)21(20-13)10-9-19-18(22)16-8-11-23-12-16/h3-8,11-12H,9-10H2,1-2H3,(H,19,22). The third-order valence-corrected chi connectivity index (χ3v) is 4.52. The van der Waals surface area contributed by atoms with Crippen molar-refractivity contribution < 1.29 is 4.79 Å². The van der Waals surface area contributed by atoms with E-state index in [2.05, 4.69) is 29.5 Å². The molecule has 0 fully saturated rings. The third-order valence-electron chi connectivity index (χ3n) is 3.84. The van der Waals surface area contributed by atoms with Crippen LogP contribution in [0.4, 0.5) is 0 Å². The Kier molecular flexibility index (Phi) is 4.57. The molecule has 3 aromatic rings. The first-order chi connectivity index (χ1) is 11.2. The Morgan fingerprint density at radius 3 is 2.70 bits per heavy atom. The lowest BCUT2D eigenvalue weighted by atomic mass is 10.0. The van der Waals surface area contributed by atoms with Crippen molar-refractivity contribution in [1.29, 1.82) is 0 Å². The minimum absolute atomic E-state index is 0.0314. The average Bonchev–Trinajstić information content (AvgIpc) is 3.17. The largest absolute Gasteiger partial charge is 0.350 e. The number of hydrogen-bond acceptors (Lipinski definition) is 3. The molecule has 1 aromatic carbocycles. The van der Waals surface area contributed by atoms with Crippen molar-refractivity contribution in [2.45, 2.75) is 20.4 Å². The summed E-state index contributed by atoms with van der Waals surface area (Å²) >= 11 is 1.52. The molecule has 0 unspecified atom stereocenters. The molecular formula is C18H19N3OS. The third kappa shape index (κ3) is 3.35. The van der Waals surface area contributed by atoms with Crippen LogP contribution in [0.3, 0.4) is 0 Å². The number of amides is 1. The summed E-state index contributed by atoms with van der Waals surface area (Å²) in [6, 6.07) is 12.1. The van der Waals surface area contributed by atoms with Gasteiger partial charge in [-0.3, -0.25) is 9.48 Å². The van der Waals surface area contributed by atoms with E-state index in [4.69, 9.17) is 0 Å². The maximum absolute atomic E-state index is 11.9. The van der Waals surface area contributed by atoms with Gasteiger partial charge in [-0.1, -0.05) is 30.3 Å². The smallest absolute Gasteiger partial charge is 0.252 e. The zero-order chi connectivity index (χ0) is 16.2. The Morgan fingerprint density at radius 2 is 2.00 bits per heavy atom. The molecule has 2 aromatic heterocycles. The van der Waals surface area contributed by atoms with E-state index in [0.29, 0.717) is 18.7 Å². The number of aryl methyl sites for hydroxylation is 1. The van der Waals surface area contributed by atoms with E-state index >= 15 is 0 Å². The van der Waals surface area contributed by atoms with Crippen LogP contribution in [0.1, 0.15) is 21.7 Å². The van der Waals surface area contributed by atoms with Crippen LogP contribution in [0.25, 0.3) is 11.1 Å². The highest BCUT2D eigenvalue weighted by Gasteiger charge is 2.13. The highest BCUT2D eigenvalue weighted by Crippen LogP contribution is 2.26. The lowest BCUT2D eigenvalue weighted by molar-refractivity contribution is 0.0952. The van der Waals surface area contributed by atoms with Gasteiger partial charge in [-0.15, -0.1) is 0 Å². The van der Waals surface area contributed by atoms with Gasteiger partial charge in [0, 0.05) is 28.7 Å². The number of hydrogen-bond donors (Lipinski definition) is 1. The molecule has 0 atom stereocenters. The van der Waals surface area contributed by atoms with Gasteiger partial charge >= 0.3 is 0 Å². The van der Waals surface area contributed by atoms with Crippen LogP contribution in [-0.4, -0.2) is 22.2 Å². The summed E-state index contributed by atoms with van der Waals surface area (Å²) in [5.41, 5.74) is 5.20. The van der Waals surface area contributed by atoms with Crippen LogP contribution in [0.5, 0.6) is 0 Å². The lowest BCUT2D eigenvalue weighted by Gasteiger charge is -2.07. The van der Waals surface area contributed by atoms with Crippen LogP contribution in [0.2, 0.25) is 0 Å². The summed E-state index contributed by atoms with van der Waals surface area (Å²) in [4.78, 5) is 11.9. The molecule has 23 heavy (non-hydrogen) atoms. The predicted octanol–water partition coefficient (Wildman–Crippen LogP) is 3.66. The summed E-state index contributed by atoms with van der Waals surface area (Å²) < 4.78 is 1.96. The zero-order valence-electron chi connectivity index (χ0n) is 13.2. The summed E-state index contributed by atoms with van der Waals surface area (Å²) in [5.74, 6) is -0.0314. The monoisotopic (exact) mass is 325 g/mol. The van der Waals surface area contributed by atoms with E-state index in [9.17, 15) is 4.79 Å². The Morgan fingerprint density at radius 1 is 1.22 bits per heavy atom. The van der Waals surface area contributed by atoms with E-state index in [1.165, 1.54) is 22.5 Å². The molecule has 4 nitrogen and oxygen atoms in total. The number of thiophene rings is 1. The predicted molar refractivity (Wildman–Crippen MR) is 93.8 cm³/mol. The van der Waals surface area contributed by atoms with Crippen molar-refractivity contribution in [3.63, 3.8) is 0 Å². The first-order valence-corrected chi connectivity index (χ1v) is 8.51. The van der Waals surface area contributed by atoms with Crippen molar-refractivity contribution in [3.8, 4) is 11.1 Å². The highest BCUT2D eigenvalue weighted by molar-refractivity contribution is 7.08. The van der Waals surface area contributed by atoms with Gasteiger partial charge < -0.3 is 5.32 Å². The van der Waals surface area contributed by atoms with Gasteiger partial charge in [-0.25, -0.2) is 0 Å². The summed E-state index contributed by atoms with van der Waals surface area (Å²) in [6.07, 6.45) is 0. The Bertz CT molecular complexity index is 791. The lowest BCUT2D eigenvalue weighted by Crippen LogP contribution is -2.27. The number of carbonyl (C=O) groups is 1. The van der Waals surface area contributed by atoms with Crippen molar-refractivity contribution in [3.05, 3.63) is 64.1 Å². The van der Waals surface area contributed by atoms with E-state index < -0.39 is 0 Å². The number of nitrogens with zero attached hydrogens (tertiary/aromatic N) is 2. The fraction of sp³-hybridized carbons (Fsp3) is 0.222. The molecule has 1 N–H and O–H groups in total. The first-order valence-electron chi connectivity index (χ1n) is 7.56. The molecule has 118 valence electrons. The molecule has 0 aliphatic heterocycles. The van der Waals surface area contributed by atoms with E-state index in [0.717, 1.165) is 11.4 Å². The van der Waals surface area contributed by atoms with E-state index in [-0.39, 0.29) is 5.91 Å². The molecule has 0 aliphatic carbocycles. The summed E-state index contributed by atoms with van der Waals surface area (Å²) in [7, 11) is 0. The quantitative estimate of drug-likeness (QED) is 0.778. The summed E-state index contributed by atoms with van der Waals surface area (Å²) in [5, 5.41) is 11.3. The molecule has 2 heterocycles. The summed E-state index contributed by atoms with van der Waals surface area (Å²) in [6.45, 7) is 5.32. The normalized spacial score (nSPS) is 10.7. The van der Waals surface area contributed by atoms with Crippen molar-refractivity contribution >= 4 is 17.2 Å². The molecule has 0 saturated heterocycles. The molecule has 0 radical (unpaired) electrons. The van der Waals surface area contributed by atoms with Gasteiger partial charge in [0.1, 0.15) is 0 Å². The fourth-order valence-corrected chi connectivity index (χ4v) is 3.34. The van der Waals surface area contributed by atoms with Crippen LogP contribution in [0, 0.1) is 13.8 Å². The number of aromatic nitrogens is 2. The highest BCUT2D eigenvalue weighted by atomic mass is 32.1. The molecule has 0 aliphatic rings. The van der Waals surface area contributed by atoms with Gasteiger partial charge in [0.15, 0.2) is 0 Å². The average molecular weight is 325 g/mol. The fourth-order valence-electron chi connectivity index (χ4n) is 2.71. The molecule has 3 rings (SSSR count). The van der Waals surface area contributed by atoms with Gasteiger partial charge in [0.2, 0.25) is 0 Å². The number of nitrogens with one attached hydrogen (secondary N) is 1. The molecular weight excluding hydrogens is 306 g/mol. The van der Waals surface area contributed by atoms with Crippen LogP contribution >= 0.6 is 11.3 Å². The first kappa shape index (κ1) is 15.5. The minimum Gasteiger partial charge on any atom is -0.350 e. The molecule has 0 saturated carbocycles. The molecule has 5 heteroatoms. The number of rotatable bonds is 5. The maximum Gasteiger partial charge on any atom is 0.252 e. The van der Waals surface area contributed by atoms with E-state index in [1.54, 1.807) is 0 Å². The van der Waals surface area contributed by atoms with Gasteiger partial charge in [0.25, 0.3) is 5.91 Å². The van der Waals surface area contributed by atoms with Crippen LogP contribution in [-0.2, 0) is 6.54 Å². The van der Waals surface area contributed by atoms with Gasteiger partial charge in [0.05, 0.1) is 12.2 Å². The van der Waals surface area contributed by atoms with Crippen LogP contribution in [0.15, 0.2) is 47.2 Å². The maximum atomic E-state index is 11.9. The number of carbonyl (C=O) groups excluding carboxylic acids is 1. The Hall–Kier alpha value is -2.40. The molecule has 1 amide bonds. The van der Waals surface area contributed by atoms with E-state index in [1.807, 2.05) is 46.6 Å². The zero-order valence-corrected chi connectivity index (χ0v) is 14.1. The topological polar surface area (TPSA) is 46.9 Å². The Balaban J connectivity index is 1.69.